The molecule has 0 saturated heterocycles. The van der Waals surface area contributed by atoms with E-state index in [1.54, 1.807) is 0 Å². The van der Waals surface area contributed by atoms with E-state index in [-0.39, 0.29) is 0 Å². The van der Waals surface area contributed by atoms with Gasteiger partial charge in [-0.15, -0.1) is 0 Å². The summed E-state index contributed by atoms with van der Waals surface area (Å²) in [7, 11) is 0. The van der Waals surface area contributed by atoms with Crippen LogP contribution >= 0.6 is 0 Å². The van der Waals surface area contributed by atoms with Gasteiger partial charge in [0, 0.05) is 0 Å². The van der Waals surface area contributed by atoms with Crippen molar-refractivity contribution in [2.24, 2.45) is 0 Å². The van der Waals surface area contributed by atoms with Crippen molar-refractivity contribution in [3.63, 3.8) is 0 Å². The summed E-state index contributed by atoms with van der Waals surface area (Å²) in [6.45, 7) is 4.28. The Morgan fingerprint density at radius 3 is 1.50 bits per heavy atom. The van der Waals surface area contributed by atoms with Gasteiger partial charge in [0.05, 0.1) is 0 Å². The van der Waals surface area contributed by atoms with Crippen molar-refractivity contribution in [3.8, 4) is 0 Å². The molecular formula is C3H7V. The molecule has 0 aliphatic carbocycles. The van der Waals surface area contributed by atoms with Crippen molar-refractivity contribution >= 4 is 0 Å². The van der Waals surface area contributed by atoms with Crippen molar-refractivity contribution in [1.29, 1.82) is 0 Å². The molecule has 0 unspecified atom stereocenters. The fraction of sp³-hybridized carbons (Fsp3) is 1.00. The number of hydrogen-bond acceptors (Lipinski definition) is 0. The Hall–Kier alpha value is 0.584. The normalized spacial score (nSPS) is 8.75. The molecule has 0 nitrogen and oxygen atoms in total. The van der Waals surface area contributed by atoms with Gasteiger partial charge >= 0.3 is 35.9 Å². The first-order chi connectivity index (χ1) is 1.73. The molecule has 0 aromatic heterocycles. The topological polar surface area (TPSA) is 0 Å². The summed E-state index contributed by atoms with van der Waals surface area (Å²) in [6.07, 6.45) is 0. The molecule has 0 heterocycles. The van der Waals surface area contributed by atoms with Crippen LogP contribution in [0.2, 0.25) is 4.63 Å². The minimum atomic E-state index is 0.771. The Kier molecular flexibility index (Phi) is 2.14. The zero-order chi connectivity index (χ0) is 3.58. The molecule has 0 bridgehead atoms. The van der Waals surface area contributed by atoms with Gasteiger partial charge in [0.15, 0.2) is 0 Å². The molecule has 0 spiro atoms. The van der Waals surface area contributed by atoms with Crippen LogP contribution in [0.3, 0.4) is 0 Å². The van der Waals surface area contributed by atoms with Crippen molar-refractivity contribution < 1.29 is 17.4 Å². The first-order valence-corrected chi connectivity index (χ1v) is 2.22. The minimum absolute atomic E-state index is 0.771. The summed E-state index contributed by atoms with van der Waals surface area (Å²) in [5, 5.41) is 0. The maximum absolute atomic E-state index is 2.53. The fourth-order valence-electron chi connectivity index (χ4n) is 0. The number of rotatable bonds is 0. The summed E-state index contributed by atoms with van der Waals surface area (Å²) in [5.74, 6) is 0. The third kappa shape index (κ3) is 19.0. The zero-order valence-corrected chi connectivity index (χ0v) is 4.42. The molecule has 0 aromatic rings. The van der Waals surface area contributed by atoms with Gasteiger partial charge in [0.2, 0.25) is 0 Å². The summed E-state index contributed by atoms with van der Waals surface area (Å²) in [4.78, 5) is 0. The number of hydrogen-bond donors (Lipinski definition) is 0. The van der Waals surface area contributed by atoms with E-state index in [0.29, 0.717) is 0 Å². The first kappa shape index (κ1) is 4.58. The third-order valence-electron chi connectivity index (χ3n) is 0. The van der Waals surface area contributed by atoms with Crippen LogP contribution in [0.25, 0.3) is 0 Å². The predicted octanol–water partition coefficient (Wildman–Crippen LogP) is 1.36. The van der Waals surface area contributed by atoms with E-state index in [4.69, 9.17) is 0 Å². The van der Waals surface area contributed by atoms with Crippen molar-refractivity contribution in [2.75, 3.05) is 0 Å². The first-order valence-electron chi connectivity index (χ1n) is 1.41. The van der Waals surface area contributed by atoms with Crippen molar-refractivity contribution in [2.45, 2.75) is 18.5 Å². The summed E-state index contributed by atoms with van der Waals surface area (Å²) in [6, 6.07) is 0. The third-order valence-corrected chi connectivity index (χ3v) is 0. The average Bonchev–Trinajstić information content (AvgIpc) is 0.811. The quantitative estimate of drug-likeness (QED) is 0.425. The second kappa shape index (κ2) is 1.86. The Labute approximate surface area is 36.6 Å². The molecule has 0 radical (unpaired) electrons. The summed E-state index contributed by atoms with van der Waals surface area (Å²) >= 11 is 2.53. The van der Waals surface area contributed by atoms with Gasteiger partial charge in [0.1, 0.15) is 0 Å². The molecular weight excluding hydrogens is 87.0 g/mol. The fourth-order valence-corrected chi connectivity index (χ4v) is 0. The molecule has 1 heteroatoms. The van der Waals surface area contributed by atoms with Crippen LogP contribution < -0.4 is 0 Å². The van der Waals surface area contributed by atoms with E-state index in [1.165, 1.54) is 0 Å². The van der Waals surface area contributed by atoms with Gasteiger partial charge in [-0.1, -0.05) is 0 Å². The summed E-state index contributed by atoms with van der Waals surface area (Å²) in [5.41, 5.74) is 0. The predicted molar refractivity (Wildman–Crippen MR) is 15.1 cm³/mol. The van der Waals surface area contributed by atoms with Crippen LogP contribution in [0.1, 0.15) is 13.8 Å². The summed E-state index contributed by atoms with van der Waals surface area (Å²) < 4.78 is 0.771. The maximum atomic E-state index is 2.53. The van der Waals surface area contributed by atoms with E-state index in [2.05, 4.69) is 31.3 Å². The molecule has 0 N–H and O–H groups in total. The van der Waals surface area contributed by atoms with Crippen LogP contribution in [-0.4, -0.2) is 0 Å². The molecule has 0 saturated carbocycles. The van der Waals surface area contributed by atoms with E-state index in [9.17, 15) is 0 Å². The molecule has 0 rings (SSSR count). The molecule has 0 aliphatic rings. The Morgan fingerprint density at radius 2 is 1.50 bits per heavy atom. The average molecular weight is 94.0 g/mol. The molecule has 0 fully saturated rings. The molecule has 0 atom stereocenters. The van der Waals surface area contributed by atoms with Gasteiger partial charge in [-0.3, -0.25) is 0 Å². The van der Waals surface area contributed by atoms with Gasteiger partial charge in [-0.05, 0) is 0 Å². The van der Waals surface area contributed by atoms with Gasteiger partial charge in [-0.2, -0.15) is 0 Å². The van der Waals surface area contributed by atoms with Crippen LogP contribution in [0, 0.1) is 0 Å². The van der Waals surface area contributed by atoms with Gasteiger partial charge in [-0.25, -0.2) is 0 Å². The van der Waals surface area contributed by atoms with Crippen LogP contribution in [-0.2, 0) is 17.4 Å². The standard InChI is InChI=1S/C3H7.V/c1-3-2;/h3H,1-2H3;. The SMILES string of the molecule is C[CH](C)[V]. The van der Waals surface area contributed by atoms with E-state index in [1.807, 2.05) is 0 Å². The Bertz CT molecular complexity index is 8.00. The molecule has 0 amide bonds. The molecule has 24 valence electrons. The van der Waals surface area contributed by atoms with Crippen LogP contribution in [0.15, 0.2) is 0 Å². The molecule has 0 aromatic carbocycles. The Morgan fingerprint density at radius 1 is 1.50 bits per heavy atom. The van der Waals surface area contributed by atoms with Crippen LogP contribution in [0.4, 0.5) is 0 Å². The van der Waals surface area contributed by atoms with E-state index >= 15 is 0 Å². The monoisotopic (exact) mass is 94.0 g/mol. The molecule has 0 aliphatic heterocycles. The van der Waals surface area contributed by atoms with Crippen molar-refractivity contribution in [3.05, 3.63) is 0 Å². The zero-order valence-electron chi connectivity index (χ0n) is 3.02. The Balaban J connectivity index is 2.32. The van der Waals surface area contributed by atoms with Crippen molar-refractivity contribution in [1.82, 2.24) is 0 Å². The molecule has 4 heavy (non-hydrogen) atoms. The van der Waals surface area contributed by atoms with E-state index < -0.39 is 0 Å². The van der Waals surface area contributed by atoms with Crippen LogP contribution in [0.5, 0.6) is 0 Å². The van der Waals surface area contributed by atoms with Gasteiger partial charge in [0.25, 0.3) is 0 Å². The van der Waals surface area contributed by atoms with Gasteiger partial charge < -0.3 is 0 Å². The van der Waals surface area contributed by atoms with E-state index in [0.717, 1.165) is 4.63 Å². The second-order valence-corrected chi connectivity index (χ2v) is 2.71. The second-order valence-electron chi connectivity index (χ2n) is 1.09.